The summed E-state index contributed by atoms with van der Waals surface area (Å²) in [4.78, 5) is 29.5. The molecule has 3 aromatic rings. The lowest BCUT2D eigenvalue weighted by Gasteiger charge is -2.06. The fraction of sp³-hybridized carbons (Fsp3) is 0.318. The van der Waals surface area contributed by atoms with E-state index in [-0.39, 0.29) is 24.8 Å². The highest BCUT2D eigenvalue weighted by atomic mass is 32.1. The smallest absolute Gasteiger partial charge is 0.326 e. The van der Waals surface area contributed by atoms with Crippen LogP contribution in [-0.4, -0.2) is 30.2 Å². The molecule has 6 nitrogen and oxygen atoms in total. The van der Waals surface area contributed by atoms with Crippen molar-refractivity contribution in [2.75, 3.05) is 13.7 Å². The molecule has 2 aromatic carbocycles. The van der Waals surface area contributed by atoms with Crippen LogP contribution in [0.15, 0.2) is 41.4 Å². The summed E-state index contributed by atoms with van der Waals surface area (Å²) in [7, 11) is 1.60. The van der Waals surface area contributed by atoms with Gasteiger partial charge in [0.15, 0.2) is 4.80 Å². The molecule has 0 aliphatic carbocycles. The van der Waals surface area contributed by atoms with Crippen molar-refractivity contribution in [3.05, 3.63) is 57.9 Å². The number of hydrogen-bond acceptors (Lipinski definition) is 5. The number of esters is 1. The van der Waals surface area contributed by atoms with Crippen LogP contribution in [0.3, 0.4) is 0 Å². The SMILES string of the molecule is CCOC(=O)Cn1c(=NC(=O)Cc2ccc(C)c(C)c2)sc2cc(OC)ccc21. The lowest BCUT2D eigenvalue weighted by molar-refractivity contribution is -0.143. The van der Waals surface area contributed by atoms with Gasteiger partial charge in [-0.25, -0.2) is 0 Å². The Morgan fingerprint density at radius 2 is 1.90 bits per heavy atom. The number of carbonyl (C=O) groups is 2. The summed E-state index contributed by atoms with van der Waals surface area (Å²) < 4.78 is 13.0. The number of thiazole rings is 1. The van der Waals surface area contributed by atoms with Crippen LogP contribution in [0.4, 0.5) is 0 Å². The van der Waals surface area contributed by atoms with Crippen molar-refractivity contribution in [1.29, 1.82) is 0 Å². The van der Waals surface area contributed by atoms with Crippen LogP contribution in [-0.2, 0) is 27.3 Å². The van der Waals surface area contributed by atoms with E-state index in [1.807, 2.05) is 50.2 Å². The van der Waals surface area contributed by atoms with Gasteiger partial charge in [-0.2, -0.15) is 4.99 Å². The van der Waals surface area contributed by atoms with Gasteiger partial charge in [0, 0.05) is 0 Å². The Bertz CT molecular complexity index is 1130. The van der Waals surface area contributed by atoms with E-state index >= 15 is 0 Å². The molecule has 0 atom stereocenters. The van der Waals surface area contributed by atoms with Crippen molar-refractivity contribution in [3.8, 4) is 5.75 Å². The molecule has 1 amide bonds. The first kappa shape index (κ1) is 20.8. The second-order valence-corrected chi connectivity index (χ2v) is 7.72. The number of hydrogen-bond donors (Lipinski definition) is 0. The van der Waals surface area contributed by atoms with Gasteiger partial charge in [-0.05, 0) is 55.7 Å². The third-order valence-electron chi connectivity index (χ3n) is 4.63. The number of methoxy groups -OCH3 is 1. The van der Waals surface area contributed by atoms with Crippen LogP contribution in [0.2, 0.25) is 0 Å². The standard InChI is InChI=1S/C22H24N2O4S/c1-5-28-21(26)13-24-18-9-8-17(27-4)12-19(18)29-22(24)23-20(25)11-16-7-6-14(2)15(3)10-16/h6-10,12H,5,11,13H2,1-4H3. The van der Waals surface area contributed by atoms with E-state index in [2.05, 4.69) is 4.99 Å². The molecular weight excluding hydrogens is 388 g/mol. The maximum Gasteiger partial charge on any atom is 0.326 e. The van der Waals surface area contributed by atoms with Crippen LogP contribution in [0.5, 0.6) is 5.75 Å². The molecule has 0 radical (unpaired) electrons. The summed E-state index contributed by atoms with van der Waals surface area (Å²) in [5, 5.41) is 0. The third-order valence-corrected chi connectivity index (χ3v) is 5.67. The predicted octanol–water partition coefficient (Wildman–Crippen LogP) is 3.56. The van der Waals surface area contributed by atoms with E-state index in [1.54, 1.807) is 18.6 Å². The van der Waals surface area contributed by atoms with Crippen LogP contribution in [0.25, 0.3) is 10.2 Å². The number of carbonyl (C=O) groups excluding carboxylic acids is 2. The van der Waals surface area contributed by atoms with Gasteiger partial charge in [0.2, 0.25) is 0 Å². The zero-order valence-corrected chi connectivity index (χ0v) is 17.8. The summed E-state index contributed by atoms with van der Waals surface area (Å²) in [6, 6.07) is 11.5. The Morgan fingerprint density at radius 3 is 2.59 bits per heavy atom. The molecule has 0 aliphatic heterocycles. The topological polar surface area (TPSA) is 69.9 Å². The second-order valence-electron chi connectivity index (χ2n) is 6.71. The number of fused-ring (bicyclic) bond motifs is 1. The minimum absolute atomic E-state index is 0.00405. The molecule has 29 heavy (non-hydrogen) atoms. The number of aryl methyl sites for hydroxylation is 2. The molecular formula is C22H24N2O4S. The van der Waals surface area contributed by atoms with Crippen LogP contribution in [0, 0.1) is 13.8 Å². The van der Waals surface area contributed by atoms with E-state index in [4.69, 9.17) is 9.47 Å². The quantitative estimate of drug-likeness (QED) is 0.581. The molecule has 3 rings (SSSR count). The maximum atomic E-state index is 12.6. The van der Waals surface area contributed by atoms with Crippen molar-refractivity contribution in [2.45, 2.75) is 33.7 Å². The molecule has 1 aromatic heterocycles. The number of rotatable bonds is 6. The Hall–Kier alpha value is -2.93. The van der Waals surface area contributed by atoms with E-state index in [0.717, 1.165) is 21.3 Å². The number of benzene rings is 2. The average molecular weight is 413 g/mol. The van der Waals surface area contributed by atoms with E-state index in [1.165, 1.54) is 16.9 Å². The van der Waals surface area contributed by atoms with Crippen LogP contribution >= 0.6 is 11.3 Å². The third kappa shape index (κ3) is 4.92. The van der Waals surface area contributed by atoms with Gasteiger partial charge in [0.05, 0.1) is 30.4 Å². The Kier molecular flexibility index (Phi) is 6.49. The normalized spacial score (nSPS) is 11.7. The van der Waals surface area contributed by atoms with Gasteiger partial charge in [0.1, 0.15) is 12.3 Å². The second kappa shape index (κ2) is 9.05. The summed E-state index contributed by atoms with van der Waals surface area (Å²) in [5.41, 5.74) is 4.05. The van der Waals surface area contributed by atoms with Crippen molar-refractivity contribution >= 4 is 33.4 Å². The van der Waals surface area contributed by atoms with Crippen LogP contribution < -0.4 is 9.54 Å². The molecule has 0 bridgehead atoms. The minimum Gasteiger partial charge on any atom is -0.497 e. The fourth-order valence-electron chi connectivity index (χ4n) is 2.99. The first-order valence-corrected chi connectivity index (χ1v) is 10.2. The lowest BCUT2D eigenvalue weighted by Crippen LogP contribution is -2.23. The minimum atomic E-state index is -0.369. The van der Waals surface area contributed by atoms with Gasteiger partial charge < -0.3 is 14.0 Å². The summed E-state index contributed by atoms with van der Waals surface area (Å²) >= 11 is 1.35. The molecule has 0 aliphatic rings. The van der Waals surface area contributed by atoms with Gasteiger partial charge >= 0.3 is 5.97 Å². The van der Waals surface area contributed by atoms with E-state index in [0.29, 0.717) is 17.2 Å². The predicted molar refractivity (Wildman–Crippen MR) is 113 cm³/mol. The maximum absolute atomic E-state index is 12.6. The number of aromatic nitrogens is 1. The Morgan fingerprint density at radius 1 is 1.10 bits per heavy atom. The molecule has 0 saturated carbocycles. The molecule has 152 valence electrons. The molecule has 1 heterocycles. The van der Waals surface area contributed by atoms with Gasteiger partial charge in [-0.15, -0.1) is 0 Å². The van der Waals surface area contributed by atoms with Crippen molar-refractivity contribution in [3.63, 3.8) is 0 Å². The summed E-state index contributed by atoms with van der Waals surface area (Å²) in [6.07, 6.45) is 0.206. The Labute approximate surface area is 173 Å². The van der Waals surface area contributed by atoms with Crippen molar-refractivity contribution in [2.24, 2.45) is 4.99 Å². The Balaban J connectivity index is 1.99. The number of amides is 1. The molecule has 7 heteroatoms. The van der Waals surface area contributed by atoms with E-state index < -0.39 is 0 Å². The largest absolute Gasteiger partial charge is 0.497 e. The zero-order chi connectivity index (χ0) is 21.0. The number of nitrogens with zero attached hydrogens (tertiary/aromatic N) is 2. The van der Waals surface area contributed by atoms with Crippen LogP contribution in [0.1, 0.15) is 23.6 Å². The van der Waals surface area contributed by atoms with Crippen molar-refractivity contribution < 1.29 is 19.1 Å². The fourth-order valence-corrected chi connectivity index (χ4v) is 4.06. The molecule has 0 fully saturated rings. The highest BCUT2D eigenvalue weighted by Crippen LogP contribution is 2.23. The lowest BCUT2D eigenvalue weighted by atomic mass is 10.0. The highest BCUT2D eigenvalue weighted by molar-refractivity contribution is 7.16. The summed E-state index contributed by atoms with van der Waals surface area (Å²) in [6.45, 7) is 6.11. The zero-order valence-electron chi connectivity index (χ0n) is 17.0. The van der Waals surface area contributed by atoms with Gasteiger partial charge in [0.25, 0.3) is 5.91 Å². The first-order chi connectivity index (χ1) is 13.9. The summed E-state index contributed by atoms with van der Waals surface area (Å²) in [5.74, 6) is 0.0745. The average Bonchev–Trinajstić information content (AvgIpc) is 3.00. The molecule has 0 saturated heterocycles. The number of ether oxygens (including phenoxy) is 2. The van der Waals surface area contributed by atoms with Gasteiger partial charge in [-0.1, -0.05) is 29.5 Å². The monoisotopic (exact) mass is 412 g/mol. The molecule has 0 N–H and O–H groups in total. The molecule has 0 unspecified atom stereocenters. The highest BCUT2D eigenvalue weighted by Gasteiger charge is 2.13. The first-order valence-electron chi connectivity index (χ1n) is 9.38. The molecule has 0 spiro atoms. The van der Waals surface area contributed by atoms with Gasteiger partial charge in [-0.3, -0.25) is 9.59 Å². The van der Waals surface area contributed by atoms with E-state index in [9.17, 15) is 9.59 Å². The van der Waals surface area contributed by atoms with Crippen molar-refractivity contribution in [1.82, 2.24) is 4.57 Å².